The molecule has 0 bridgehead atoms. The Kier molecular flexibility index (Phi) is 3.02. The zero-order valence-electron chi connectivity index (χ0n) is 6.16. The molecule has 0 aliphatic carbocycles. The molecule has 1 aromatic heterocycles. The number of nitrogens with zero attached hydrogens (tertiary/aromatic N) is 1. The minimum Gasteiger partial charge on any atom is -0.541 e. The summed E-state index contributed by atoms with van der Waals surface area (Å²) in [5.74, 6) is 0.0370. The van der Waals surface area contributed by atoms with Gasteiger partial charge in [-0.25, -0.2) is 0 Å². The van der Waals surface area contributed by atoms with Crippen LogP contribution in [0, 0.1) is 0 Å². The first-order chi connectivity index (χ1) is 4.92. The van der Waals surface area contributed by atoms with Crippen molar-refractivity contribution in [3.63, 3.8) is 0 Å². The number of rotatable bonds is 1. The van der Waals surface area contributed by atoms with E-state index in [0.717, 1.165) is 18.7 Å². The van der Waals surface area contributed by atoms with Crippen LogP contribution in [-0.4, -0.2) is 10.9 Å². The molecule has 0 N–H and O–H groups in total. The van der Waals surface area contributed by atoms with Gasteiger partial charge in [-0.1, -0.05) is 12.3 Å². The van der Waals surface area contributed by atoms with E-state index < -0.39 is 0 Å². The van der Waals surface area contributed by atoms with Crippen LogP contribution in [0.1, 0.15) is 18.0 Å². The van der Waals surface area contributed by atoms with Crippen LogP contribution in [0.2, 0.25) is 0 Å². The second-order valence-electron chi connectivity index (χ2n) is 2.59. The summed E-state index contributed by atoms with van der Waals surface area (Å²) in [5, 5.41) is 0. The Morgan fingerprint density at radius 1 is 1.64 bits per heavy atom. The molecule has 11 heavy (non-hydrogen) atoms. The van der Waals surface area contributed by atoms with E-state index in [-0.39, 0.29) is 38.6 Å². The molecular formula is C8H8NOY-. The topological polar surface area (TPSA) is 22.0 Å². The van der Waals surface area contributed by atoms with Crippen molar-refractivity contribution in [3.8, 4) is 0 Å². The summed E-state index contributed by atoms with van der Waals surface area (Å²) in [6.07, 6.45) is 4.97. The van der Waals surface area contributed by atoms with Crippen molar-refractivity contribution in [1.82, 2.24) is 4.57 Å². The van der Waals surface area contributed by atoms with Crippen LogP contribution in [0.4, 0.5) is 0 Å². The minimum absolute atomic E-state index is 0. The summed E-state index contributed by atoms with van der Waals surface area (Å²) in [6.45, 7) is 0.974. The Hall–Kier alpha value is 0.0539. The van der Waals surface area contributed by atoms with Gasteiger partial charge in [0.15, 0.2) is 0 Å². The quantitative estimate of drug-likeness (QED) is 0.653. The monoisotopic (exact) mass is 223 g/mol. The summed E-state index contributed by atoms with van der Waals surface area (Å²) in [6, 6.07) is 3.96. The fraction of sp³-hybridized carbons (Fsp3) is 0.375. The van der Waals surface area contributed by atoms with Crippen molar-refractivity contribution >= 4 is 6.29 Å². The molecule has 0 fully saturated rings. The molecule has 1 radical (unpaired) electrons. The molecule has 1 atom stereocenters. The summed E-state index contributed by atoms with van der Waals surface area (Å²) in [4.78, 5) is 10.3. The van der Waals surface area contributed by atoms with Crippen molar-refractivity contribution < 1.29 is 37.5 Å². The Morgan fingerprint density at radius 2 is 2.45 bits per heavy atom. The van der Waals surface area contributed by atoms with E-state index in [9.17, 15) is 4.79 Å². The van der Waals surface area contributed by atoms with Gasteiger partial charge in [0.2, 0.25) is 0 Å². The normalized spacial score (nSPS) is 20.5. The zero-order valence-corrected chi connectivity index (χ0v) is 8.99. The van der Waals surface area contributed by atoms with Crippen LogP contribution >= 0.6 is 0 Å². The summed E-state index contributed by atoms with van der Waals surface area (Å²) in [5.41, 5.74) is 1.12. The van der Waals surface area contributed by atoms with Gasteiger partial charge >= 0.3 is 0 Å². The molecule has 3 heteroatoms. The molecular weight excluding hydrogens is 215 g/mol. The van der Waals surface area contributed by atoms with Crippen molar-refractivity contribution in [2.75, 3.05) is 0 Å². The van der Waals surface area contributed by atoms with Gasteiger partial charge in [-0.2, -0.15) is 0 Å². The smallest absolute Gasteiger partial charge is 0.0205 e. The second kappa shape index (κ2) is 3.64. The molecule has 2 rings (SSSR count). The van der Waals surface area contributed by atoms with E-state index in [0.29, 0.717) is 0 Å². The van der Waals surface area contributed by atoms with Crippen LogP contribution in [0.5, 0.6) is 0 Å². The van der Waals surface area contributed by atoms with Crippen LogP contribution < -0.4 is 0 Å². The molecule has 55 valence electrons. The van der Waals surface area contributed by atoms with Crippen LogP contribution in [0.25, 0.3) is 0 Å². The Bertz CT molecular complexity index is 256. The third kappa shape index (κ3) is 1.47. The van der Waals surface area contributed by atoms with Crippen LogP contribution in [0.15, 0.2) is 18.3 Å². The van der Waals surface area contributed by atoms with Gasteiger partial charge in [0.1, 0.15) is 0 Å². The Balaban J connectivity index is 0.000000605. The van der Waals surface area contributed by atoms with E-state index in [1.807, 2.05) is 24.6 Å². The molecule has 2 nitrogen and oxygen atoms in total. The average Bonchev–Trinajstić information content (AvgIpc) is 2.44. The predicted octanol–water partition coefficient (Wildman–Crippen LogP) is 1.08. The maximum atomic E-state index is 10.3. The minimum atomic E-state index is 0. The molecule has 1 aliphatic rings. The van der Waals surface area contributed by atoms with Gasteiger partial charge in [-0.15, -0.1) is 0 Å². The van der Waals surface area contributed by atoms with E-state index in [1.165, 1.54) is 0 Å². The van der Waals surface area contributed by atoms with Gasteiger partial charge in [0.05, 0.1) is 0 Å². The maximum Gasteiger partial charge on any atom is 0.0205 e. The van der Waals surface area contributed by atoms with Gasteiger partial charge < -0.3 is 9.36 Å². The SMILES string of the molecule is O=[C-]C1CCn2cccc21.[Y]. The van der Waals surface area contributed by atoms with Gasteiger partial charge in [0.25, 0.3) is 0 Å². The molecule has 0 spiro atoms. The number of aryl methyl sites for hydroxylation is 1. The van der Waals surface area contributed by atoms with Crippen LogP contribution in [-0.2, 0) is 44.0 Å². The first-order valence-corrected chi connectivity index (χ1v) is 3.44. The number of fused-ring (bicyclic) bond motifs is 1. The second-order valence-corrected chi connectivity index (χ2v) is 2.59. The number of carbonyl (C=O) groups excluding carboxylic acids is 1. The summed E-state index contributed by atoms with van der Waals surface area (Å²) in [7, 11) is 0. The molecule has 0 saturated carbocycles. The maximum absolute atomic E-state index is 10.3. The fourth-order valence-corrected chi connectivity index (χ4v) is 1.48. The Morgan fingerprint density at radius 3 is 3.18 bits per heavy atom. The standard InChI is InChI=1S/C8H8NO.Y/c10-6-7-3-5-9-4-1-2-8(7)9;/h1-2,4,7H,3,5H2;/q-1;. The van der Waals surface area contributed by atoms with Crippen molar-refractivity contribution in [1.29, 1.82) is 0 Å². The van der Waals surface area contributed by atoms with E-state index in [4.69, 9.17) is 0 Å². The van der Waals surface area contributed by atoms with Crippen LogP contribution in [0.3, 0.4) is 0 Å². The van der Waals surface area contributed by atoms with Crippen molar-refractivity contribution in [3.05, 3.63) is 24.0 Å². The fourth-order valence-electron chi connectivity index (χ4n) is 1.48. The van der Waals surface area contributed by atoms with Crippen molar-refractivity contribution in [2.45, 2.75) is 18.9 Å². The third-order valence-electron chi connectivity index (χ3n) is 2.02. The number of hydrogen-bond donors (Lipinski definition) is 0. The molecule has 0 aromatic carbocycles. The first-order valence-electron chi connectivity index (χ1n) is 3.44. The summed E-state index contributed by atoms with van der Waals surface area (Å²) >= 11 is 0. The number of hydrogen-bond acceptors (Lipinski definition) is 1. The molecule has 2 heterocycles. The largest absolute Gasteiger partial charge is 0.541 e. The molecule has 1 aromatic rings. The molecule has 0 amide bonds. The predicted molar refractivity (Wildman–Crippen MR) is 37.5 cm³/mol. The van der Waals surface area contributed by atoms with Gasteiger partial charge in [-0.05, 0) is 17.8 Å². The average molecular weight is 223 g/mol. The molecule has 0 saturated heterocycles. The molecule has 1 aliphatic heterocycles. The molecule has 1 unspecified atom stereocenters. The van der Waals surface area contributed by atoms with E-state index >= 15 is 0 Å². The summed E-state index contributed by atoms with van der Waals surface area (Å²) < 4.78 is 2.11. The third-order valence-corrected chi connectivity index (χ3v) is 2.02. The van der Waals surface area contributed by atoms with Crippen molar-refractivity contribution in [2.24, 2.45) is 0 Å². The number of aromatic nitrogens is 1. The van der Waals surface area contributed by atoms with E-state index in [2.05, 4.69) is 4.57 Å². The first kappa shape index (κ1) is 9.14. The Labute approximate surface area is 90.8 Å². The van der Waals surface area contributed by atoms with Gasteiger partial charge in [-0.3, -0.25) is 6.29 Å². The van der Waals surface area contributed by atoms with Gasteiger partial charge in [0, 0.05) is 45.5 Å². The zero-order chi connectivity index (χ0) is 6.97. The van der Waals surface area contributed by atoms with E-state index in [1.54, 1.807) is 0 Å².